The Hall–Kier alpha value is -2.07. The van der Waals surface area contributed by atoms with Crippen LogP contribution in [-0.4, -0.2) is 11.6 Å². The van der Waals surface area contributed by atoms with E-state index in [4.69, 9.17) is 9.15 Å². The summed E-state index contributed by atoms with van der Waals surface area (Å²) in [6.07, 6.45) is 10.8. The van der Waals surface area contributed by atoms with Crippen molar-refractivity contribution in [1.29, 1.82) is 0 Å². The number of furan rings is 1. The SMILES string of the molecule is O=C1OC2(CCCCC2)C(/C=C/c2ccco2)=C1c1cccs1. The van der Waals surface area contributed by atoms with Gasteiger partial charge in [-0.3, -0.25) is 0 Å². The number of esters is 1. The van der Waals surface area contributed by atoms with Crippen molar-refractivity contribution >= 4 is 29.0 Å². The second-order valence-electron chi connectivity index (χ2n) is 6.06. The number of carbonyl (C=O) groups is 1. The standard InChI is InChI=1S/C19H18O3S/c20-18-17(16-7-5-13-23-16)15(9-8-14-6-4-12-21-14)19(22-18)10-2-1-3-11-19/h4-9,12-13H,1-3,10-11H2/b9-8+. The Morgan fingerprint density at radius 3 is 2.65 bits per heavy atom. The molecule has 0 saturated heterocycles. The van der Waals surface area contributed by atoms with Crippen LogP contribution in [0.15, 0.2) is 52.0 Å². The Morgan fingerprint density at radius 2 is 1.96 bits per heavy atom. The van der Waals surface area contributed by atoms with E-state index in [0.29, 0.717) is 0 Å². The molecule has 0 amide bonds. The van der Waals surface area contributed by atoms with Crippen LogP contribution < -0.4 is 0 Å². The summed E-state index contributed by atoms with van der Waals surface area (Å²) in [4.78, 5) is 13.6. The molecule has 1 aliphatic carbocycles. The van der Waals surface area contributed by atoms with Crippen LogP contribution in [0.4, 0.5) is 0 Å². The van der Waals surface area contributed by atoms with Crippen molar-refractivity contribution in [3.05, 3.63) is 58.2 Å². The van der Waals surface area contributed by atoms with E-state index >= 15 is 0 Å². The van der Waals surface area contributed by atoms with Crippen LogP contribution in [0.25, 0.3) is 11.6 Å². The molecule has 2 aromatic heterocycles. The number of carbonyl (C=O) groups excluding carboxylic acids is 1. The van der Waals surface area contributed by atoms with Gasteiger partial charge in [-0.1, -0.05) is 18.6 Å². The predicted octanol–water partition coefficient (Wildman–Crippen LogP) is 5.07. The summed E-state index contributed by atoms with van der Waals surface area (Å²) < 4.78 is 11.3. The van der Waals surface area contributed by atoms with Gasteiger partial charge in [0.25, 0.3) is 0 Å². The smallest absolute Gasteiger partial charge is 0.340 e. The minimum atomic E-state index is -0.447. The molecule has 3 heterocycles. The molecule has 0 radical (unpaired) electrons. The number of rotatable bonds is 3. The summed E-state index contributed by atoms with van der Waals surface area (Å²) >= 11 is 1.58. The fourth-order valence-corrected chi connectivity index (χ4v) is 4.33. The monoisotopic (exact) mass is 326 g/mol. The third-order valence-electron chi connectivity index (χ3n) is 4.64. The van der Waals surface area contributed by atoms with Crippen LogP contribution in [0.2, 0.25) is 0 Å². The maximum atomic E-state index is 12.6. The summed E-state index contributed by atoms with van der Waals surface area (Å²) in [5.74, 6) is 0.599. The molecule has 1 saturated carbocycles. The molecule has 1 fully saturated rings. The molecule has 1 spiro atoms. The Labute approximate surface area is 139 Å². The van der Waals surface area contributed by atoms with Crippen LogP contribution in [-0.2, 0) is 9.53 Å². The number of ether oxygens (including phenoxy) is 1. The molecular formula is C19H18O3S. The van der Waals surface area contributed by atoms with Crippen molar-refractivity contribution in [3.63, 3.8) is 0 Å². The summed E-state index contributed by atoms with van der Waals surface area (Å²) in [5.41, 5.74) is 1.29. The second-order valence-corrected chi connectivity index (χ2v) is 7.01. The minimum absolute atomic E-state index is 0.187. The Balaban J connectivity index is 1.81. The van der Waals surface area contributed by atoms with Crippen molar-refractivity contribution in [3.8, 4) is 0 Å². The molecular weight excluding hydrogens is 308 g/mol. The quantitative estimate of drug-likeness (QED) is 0.739. The predicted molar refractivity (Wildman–Crippen MR) is 90.9 cm³/mol. The zero-order chi connectivity index (χ0) is 15.7. The maximum absolute atomic E-state index is 12.6. The van der Waals surface area contributed by atoms with Crippen molar-refractivity contribution in [2.45, 2.75) is 37.7 Å². The van der Waals surface area contributed by atoms with Crippen molar-refractivity contribution in [2.75, 3.05) is 0 Å². The third kappa shape index (κ3) is 2.57. The topological polar surface area (TPSA) is 39.4 Å². The van der Waals surface area contributed by atoms with E-state index in [9.17, 15) is 4.79 Å². The lowest BCUT2D eigenvalue weighted by Crippen LogP contribution is -2.34. The van der Waals surface area contributed by atoms with Crippen molar-refractivity contribution < 1.29 is 13.9 Å². The van der Waals surface area contributed by atoms with Gasteiger partial charge in [0.1, 0.15) is 11.4 Å². The minimum Gasteiger partial charge on any atom is -0.465 e. The van der Waals surface area contributed by atoms with E-state index in [-0.39, 0.29) is 5.97 Å². The summed E-state index contributed by atoms with van der Waals surface area (Å²) in [7, 11) is 0. The fraction of sp³-hybridized carbons (Fsp3) is 0.316. The van der Waals surface area contributed by atoms with E-state index in [1.54, 1.807) is 17.6 Å². The normalized spacial score (nSPS) is 20.6. The summed E-state index contributed by atoms with van der Waals surface area (Å²) in [6, 6.07) is 7.73. The average molecular weight is 326 g/mol. The van der Waals surface area contributed by atoms with Gasteiger partial charge in [-0.25, -0.2) is 4.79 Å². The van der Waals surface area contributed by atoms with Crippen molar-refractivity contribution in [2.24, 2.45) is 0 Å². The van der Waals surface area contributed by atoms with Gasteiger partial charge in [-0.15, -0.1) is 11.3 Å². The van der Waals surface area contributed by atoms with E-state index in [0.717, 1.165) is 47.5 Å². The summed E-state index contributed by atoms with van der Waals surface area (Å²) in [6.45, 7) is 0. The van der Waals surface area contributed by atoms with E-state index in [2.05, 4.69) is 0 Å². The molecule has 1 aliphatic heterocycles. The molecule has 3 nitrogen and oxygen atoms in total. The maximum Gasteiger partial charge on any atom is 0.340 e. The molecule has 4 rings (SSSR count). The van der Waals surface area contributed by atoms with Crippen LogP contribution >= 0.6 is 11.3 Å². The van der Waals surface area contributed by atoms with E-state index < -0.39 is 5.60 Å². The molecule has 0 atom stereocenters. The van der Waals surface area contributed by atoms with Gasteiger partial charge in [-0.2, -0.15) is 0 Å². The first-order chi connectivity index (χ1) is 11.3. The Bertz CT molecular complexity index is 745. The lowest BCUT2D eigenvalue weighted by atomic mass is 9.78. The van der Waals surface area contributed by atoms with Crippen molar-refractivity contribution in [1.82, 2.24) is 0 Å². The third-order valence-corrected chi connectivity index (χ3v) is 5.53. The van der Waals surface area contributed by atoms with Gasteiger partial charge in [0, 0.05) is 10.5 Å². The molecule has 0 N–H and O–H groups in total. The Kier molecular flexibility index (Phi) is 3.69. The first-order valence-electron chi connectivity index (χ1n) is 8.02. The van der Waals surface area contributed by atoms with Gasteiger partial charge in [0.15, 0.2) is 0 Å². The lowest BCUT2D eigenvalue weighted by Gasteiger charge is -2.33. The fourth-order valence-electron chi connectivity index (χ4n) is 3.56. The molecule has 0 bridgehead atoms. The van der Waals surface area contributed by atoms with Crippen LogP contribution in [0, 0.1) is 0 Å². The van der Waals surface area contributed by atoms with Gasteiger partial charge >= 0.3 is 5.97 Å². The molecule has 2 aromatic rings. The highest BCUT2D eigenvalue weighted by Crippen LogP contribution is 2.47. The highest BCUT2D eigenvalue weighted by Gasteiger charge is 2.47. The van der Waals surface area contributed by atoms with Crippen LogP contribution in [0.5, 0.6) is 0 Å². The van der Waals surface area contributed by atoms with Crippen LogP contribution in [0.1, 0.15) is 42.7 Å². The van der Waals surface area contributed by atoms with E-state index in [1.807, 2.05) is 41.8 Å². The molecule has 23 heavy (non-hydrogen) atoms. The van der Waals surface area contributed by atoms with Gasteiger partial charge in [0.05, 0.1) is 11.8 Å². The zero-order valence-electron chi connectivity index (χ0n) is 12.8. The average Bonchev–Trinajstić information content (AvgIpc) is 3.28. The highest BCUT2D eigenvalue weighted by molar-refractivity contribution is 7.11. The number of thiophene rings is 1. The second kappa shape index (κ2) is 5.85. The first-order valence-corrected chi connectivity index (χ1v) is 8.90. The Morgan fingerprint density at radius 1 is 1.09 bits per heavy atom. The number of hydrogen-bond donors (Lipinski definition) is 0. The lowest BCUT2D eigenvalue weighted by molar-refractivity contribution is -0.147. The zero-order valence-corrected chi connectivity index (χ0v) is 13.6. The first kappa shape index (κ1) is 14.5. The summed E-state index contributed by atoms with van der Waals surface area (Å²) in [5, 5.41) is 2.00. The van der Waals surface area contributed by atoms with E-state index in [1.165, 1.54) is 6.42 Å². The number of hydrogen-bond acceptors (Lipinski definition) is 4. The largest absolute Gasteiger partial charge is 0.465 e. The molecule has 0 unspecified atom stereocenters. The van der Waals surface area contributed by atoms with Gasteiger partial charge in [-0.05, 0) is 55.3 Å². The molecule has 4 heteroatoms. The molecule has 0 aromatic carbocycles. The highest BCUT2D eigenvalue weighted by atomic mass is 32.1. The molecule has 118 valence electrons. The molecule has 2 aliphatic rings. The van der Waals surface area contributed by atoms with Gasteiger partial charge in [0.2, 0.25) is 0 Å². The van der Waals surface area contributed by atoms with Gasteiger partial charge < -0.3 is 9.15 Å². The van der Waals surface area contributed by atoms with Crippen LogP contribution in [0.3, 0.4) is 0 Å².